The molecule has 0 spiro atoms. The van der Waals surface area contributed by atoms with Crippen LogP contribution in [0, 0.1) is 0 Å². The Balaban J connectivity index is 2.80. The second-order valence-electron chi connectivity index (χ2n) is 3.49. The number of likely N-dealkylation sites (N-methyl/N-ethyl adjacent to an activating group) is 1. The van der Waals surface area contributed by atoms with Gasteiger partial charge in [0.1, 0.15) is 5.75 Å². The van der Waals surface area contributed by atoms with Gasteiger partial charge in [-0.15, -0.1) is 0 Å². The molecule has 0 unspecified atom stereocenters. The summed E-state index contributed by atoms with van der Waals surface area (Å²) in [5.74, 6) is 0.942. The zero-order valence-electron chi connectivity index (χ0n) is 9.79. The van der Waals surface area contributed by atoms with Gasteiger partial charge in [0.2, 0.25) is 0 Å². The number of hydrogen-bond donors (Lipinski definition) is 1. The average Bonchev–Trinajstić information content (AvgIpc) is 2.28. The first-order valence-electron chi connectivity index (χ1n) is 5.51. The molecule has 0 atom stereocenters. The number of halogens is 1. The lowest BCUT2D eigenvalue weighted by atomic mass is 10.2. The maximum Gasteiger partial charge on any atom is 0.126 e. The molecule has 0 amide bonds. The average molecular weight is 284 g/mol. The summed E-state index contributed by atoms with van der Waals surface area (Å²) in [5.41, 5.74) is 1.11. The third-order valence-electron chi connectivity index (χ3n) is 2.05. The van der Waals surface area contributed by atoms with E-state index in [-0.39, 0.29) is 0 Å². The first-order valence-corrected chi connectivity index (χ1v) is 6.30. The van der Waals surface area contributed by atoms with Crippen molar-refractivity contribution in [2.45, 2.75) is 13.3 Å². The Morgan fingerprint density at radius 1 is 1.44 bits per heavy atom. The van der Waals surface area contributed by atoms with Crippen LogP contribution in [0.15, 0.2) is 28.7 Å². The van der Waals surface area contributed by atoms with E-state index in [9.17, 15) is 0 Å². The molecule has 0 heterocycles. The van der Waals surface area contributed by atoms with Gasteiger partial charge in [0.15, 0.2) is 0 Å². The van der Waals surface area contributed by atoms with E-state index in [1.54, 1.807) is 0 Å². The van der Waals surface area contributed by atoms with Gasteiger partial charge < -0.3 is 10.1 Å². The number of rotatable bonds is 6. The van der Waals surface area contributed by atoms with Gasteiger partial charge in [-0.1, -0.05) is 35.0 Å². The van der Waals surface area contributed by atoms with Crippen LogP contribution in [0.25, 0.3) is 6.08 Å². The van der Waals surface area contributed by atoms with Crippen molar-refractivity contribution in [2.75, 3.05) is 20.2 Å². The minimum atomic E-state index is 0.758. The highest BCUT2D eigenvalue weighted by atomic mass is 79.9. The van der Waals surface area contributed by atoms with Gasteiger partial charge in [-0.3, -0.25) is 0 Å². The highest BCUT2D eigenvalue weighted by Crippen LogP contribution is 2.24. The Kier molecular flexibility index (Phi) is 6.19. The van der Waals surface area contributed by atoms with E-state index in [4.69, 9.17) is 4.74 Å². The molecule has 0 aliphatic heterocycles. The van der Waals surface area contributed by atoms with Crippen LogP contribution >= 0.6 is 15.9 Å². The Morgan fingerprint density at radius 2 is 2.25 bits per heavy atom. The minimum absolute atomic E-state index is 0.758. The van der Waals surface area contributed by atoms with E-state index < -0.39 is 0 Å². The lowest BCUT2D eigenvalue weighted by molar-refractivity contribution is 0.317. The van der Waals surface area contributed by atoms with Gasteiger partial charge in [0.05, 0.1) is 6.61 Å². The smallest absolute Gasteiger partial charge is 0.126 e. The Labute approximate surface area is 106 Å². The molecule has 0 radical (unpaired) electrons. The zero-order chi connectivity index (χ0) is 11.8. The minimum Gasteiger partial charge on any atom is -0.493 e. The fraction of sp³-hybridized carbons (Fsp3) is 0.385. The largest absolute Gasteiger partial charge is 0.493 e. The van der Waals surface area contributed by atoms with Crippen LogP contribution in [0.5, 0.6) is 5.75 Å². The van der Waals surface area contributed by atoms with Crippen molar-refractivity contribution in [1.82, 2.24) is 5.32 Å². The van der Waals surface area contributed by atoms with Crippen molar-refractivity contribution in [1.29, 1.82) is 0 Å². The molecule has 16 heavy (non-hydrogen) atoms. The molecule has 0 saturated heterocycles. The lowest BCUT2D eigenvalue weighted by Crippen LogP contribution is -2.03. The Bertz CT molecular complexity index is 350. The summed E-state index contributed by atoms with van der Waals surface area (Å²) < 4.78 is 6.75. The summed E-state index contributed by atoms with van der Waals surface area (Å²) in [4.78, 5) is 0. The molecule has 1 aromatic carbocycles. The van der Waals surface area contributed by atoms with Crippen molar-refractivity contribution in [2.24, 2.45) is 0 Å². The second-order valence-corrected chi connectivity index (χ2v) is 4.41. The second kappa shape index (κ2) is 7.47. The summed E-state index contributed by atoms with van der Waals surface area (Å²) >= 11 is 3.47. The molecule has 0 saturated carbocycles. The monoisotopic (exact) mass is 283 g/mol. The third-order valence-corrected chi connectivity index (χ3v) is 2.55. The van der Waals surface area contributed by atoms with E-state index in [0.29, 0.717) is 0 Å². The van der Waals surface area contributed by atoms with Crippen LogP contribution in [-0.4, -0.2) is 20.2 Å². The van der Waals surface area contributed by atoms with Gasteiger partial charge in [-0.05, 0) is 31.7 Å². The third kappa shape index (κ3) is 4.37. The molecule has 0 fully saturated rings. The molecule has 2 nitrogen and oxygen atoms in total. The van der Waals surface area contributed by atoms with Crippen molar-refractivity contribution >= 4 is 22.0 Å². The molecular weight excluding hydrogens is 266 g/mol. The van der Waals surface area contributed by atoms with E-state index in [1.165, 1.54) is 0 Å². The standard InChI is InChI=1S/C13H18BrNO/c1-3-9-16-13-7-6-12(14)10-11(13)5-4-8-15-2/h4-7,10,15H,3,8-9H2,1-2H3. The summed E-state index contributed by atoms with van der Waals surface area (Å²) in [6.07, 6.45) is 5.18. The van der Waals surface area contributed by atoms with Crippen LogP contribution in [0.4, 0.5) is 0 Å². The zero-order valence-corrected chi connectivity index (χ0v) is 11.4. The predicted octanol–water partition coefficient (Wildman–Crippen LogP) is 3.47. The van der Waals surface area contributed by atoms with Crippen LogP contribution in [0.1, 0.15) is 18.9 Å². The fourth-order valence-electron chi connectivity index (χ4n) is 1.30. The quantitative estimate of drug-likeness (QED) is 0.863. The Hall–Kier alpha value is -0.800. The van der Waals surface area contributed by atoms with Crippen LogP contribution < -0.4 is 10.1 Å². The lowest BCUT2D eigenvalue weighted by Gasteiger charge is -2.08. The van der Waals surface area contributed by atoms with Gasteiger partial charge in [-0.2, -0.15) is 0 Å². The van der Waals surface area contributed by atoms with E-state index in [1.807, 2.05) is 19.2 Å². The van der Waals surface area contributed by atoms with Gasteiger partial charge in [-0.25, -0.2) is 0 Å². The van der Waals surface area contributed by atoms with Crippen LogP contribution in [0.2, 0.25) is 0 Å². The maximum atomic E-state index is 5.68. The molecule has 1 rings (SSSR count). The Morgan fingerprint density at radius 3 is 2.94 bits per heavy atom. The number of nitrogens with one attached hydrogen (secondary N) is 1. The molecule has 1 aromatic rings. The maximum absolute atomic E-state index is 5.68. The van der Waals surface area contributed by atoms with E-state index in [0.717, 1.165) is 35.4 Å². The first-order chi connectivity index (χ1) is 7.77. The molecular formula is C13H18BrNO. The SMILES string of the molecule is CCCOc1ccc(Br)cc1C=CCNC. The van der Waals surface area contributed by atoms with Crippen LogP contribution in [0.3, 0.4) is 0 Å². The molecule has 0 aromatic heterocycles. The molecule has 1 N–H and O–H groups in total. The summed E-state index contributed by atoms with van der Waals surface area (Å²) in [6.45, 7) is 3.73. The molecule has 88 valence electrons. The van der Waals surface area contributed by atoms with Gasteiger partial charge >= 0.3 is 0 Å². The molecule has 3 heteroatoms. The topological polar surface area (TPSA) is 21.3 Å². The summed E-state index contributed by atoms with van der Waals surface area (Å²) in [7, 11) is 1.93. The molecule has 0 aliphatic rings. The number of hydrogen-bond acceptors (Lipinski definition) is 2. The normalized spacial score (nSPS) is 10.9. The first kappa shape index (κ1) is 13.3. The van der Waals surface area contributed by atoms with Crippen molar-refractivity contribution < 1.29 is 4.74 Å². The van der Waals surface area contributed by atoms with Gasteiger partial charge in [0.25, 0.3) is 0 Å². The number of ether oxygens (including phenoxy) is 1. The van der Waals surface area contributed by atoms with E-state index >= 15 is 0 Å². The van der Waals surface area contributed by atoms with Gasteiger partial charge in [0, 0.05) is 16.6 Å². The van der Waals surface area contributed by atoms with Crippen molar-refractivity contribution in [3.05, 3.63) is 34.3 Å². The fourth-order valence-corrected chi connectivity index (χ4v) is 1.68. The van der Waals surface area contributed by atoms with E-state index in [2.05, 4.69) is 46.4 Å². The highest BCUT2D eigenvalue weighted by molar-refractivity contribution is 9.10. The summed E-state index contributed by atoms with van der Waals surface area (Å²) in [5, 5.41) is 3.08. The van der Waals surface area contributed by atoms with Crippen molar-refractivity contribution in [3.8, 4) is 5.75 Å². The summed E-state index contributed by atoms with van der Waals surface area (Å²) in [6, 6.07) is 6.07. The molecule has 0 bridgehead atoms. The van der Waals surface area contributed by atoms with Crippen molar-refractivity contribution in [3.63, 3.8) is 0 Å². The molecule has 0 aliphatic carbocycles. The predicted molar refractivity (Wildman–Crippen MR) is 72.9 cm³/mol. The van der Waals surface area contributed by atoms with Crippen LogP contribution in [-0.2, 0) is 0 Å². The number of benzene rings is 1. The highest BCUT2D eigenvalue weighted by Gasteiger charge is 2.00.